The Bertz CT molecular complexity index is 875. The minimum absolute atomic E-state index is 0.171. The average Bonchev–Trinajstić information content (AvgIpc) is 2.68. The summed E-state index contributed by atoms with van der Waals surface area (Å²) in [6.07, 6.45) is 0. The summed E-state index contributed by atoms with van der Waals surface area (Å²) in [4.78, 5) is 2.40. The van der Waals surface area contributed by atoms with Gasteiger partial charge in [0.05, 0.1) is 14.2 Å². The molecule has 0 saturated carbocycles. The molecule has 140 valence electrons. The second-order valence-electron chi connectivity index (χ2n) is 6.19. The molecule has 0 unspecified atom stereocenters. The monoisotopic (exact) mass is 376 g/mol. The first kappa shape index (κ1) is 18.5. The van der Waals surface area contributed by atoms with Gasteiger partial charge in [-0.1, -0.05) is 18.2 Å². The summed E-state index contributed by atoms with van der Waals surface area (Å²) in [5, 5.41) is 0. The first-order chi connectivity index (χ1) is 12.5. The molecule has 2 aromatic rings. The number of ether oxygens (including phenoxy) is 2. The minimum atomic E-state index is -3.62. The van der Waals surface area contributed by atoms with Crippen molar-refractivity contribution >= 4 is 15.7 Å². The second-order valence-corrected chi connectivity index (χ2v) is 8.10. The fourth-order valence-electron chi connectivity index (χ4n) is 3.21. The molecule has 2 aromatic carbocycles. The number of piperazine rings is 1. The lowest BCUT2D eigenvalue weighted by Gasteiger charge is -2.36. The Balaban J connectivity index is 1.79. The highest BCUT2D eigenvalue weighted by Crippen LogP contribution is 2.31. The van der Waals surface area contributed by atoms with E-state index in [1.54, 1.807) is 18.2 Å². The van der Waals surface area contributed by atoms with E-state index in [-0.39, 0.29) is 4.90 Å². The molecule has 0 aromatic heterocycles. The van der Waals surface area contributed by atoms with Gasteiger partial charge in [-0.05, 0) is 30.7 Å². The van der Waals surface area contributed by atoms with Crippen LogP contribution in [0.5, 0.6) is 11.5 Å². The summed E-state index contributed by atoms with van der Waals surface area (Å²) in [5.41, 5.74) is 2.35. The molecule has 1 saturated heterocycles. The number of sulfonamides is 1. The van der Waals surface area contributed by atoms with Gasteiger partial charge in [-0.25, -0.2) is 8.42 Å². The summed E-state index contributed by atoms with van der Waals surface area (Å²) >= 11 is 0. The second kappa shape index (κ2) is 7.55. The van der Waals surface area contributed by atoms with Gasteiger partial charge in [0, 0.05) is 37.9 Å². The molecule has 1 fully saturated rings. The number of aryl methyl sites for hydroxylation is 1. The van der Waals surface area contributed by atoms with Crippen LogP contribution in [0.4, 0.5) is 5.69 Å². The van der Waals surface area contributed by atoms with Crippen molar-refractivity contribution in [3.63, 3.8) is 0 Å². The molecule has 7 heteroatoms. The molecule has 1 heterocycles. The van der Waals surface area contributed by atoms with Gasteiger partial charge in [0.2, 0.25) is 10.0 Å². The smallest absolute Gasteiger partial charge is 0.246 e. The van der Waals surface area contributed by atoms with Crippen molar-refractivity contribution in [3.8, 4) is 11.5 Å². The Hall–Kier alpha value is -2.25. The predicted molar refractivity (Wildman–Crippen MR) is 102 cm³/mol. The Kier molecular flexibility index (Phi) is 5.38. The average molecular weight is 376 g/mol. The van der Waals surface area contributed by atoms with Crippen molar-refractivity contribution in [2.75, 3.05) is 45.3 Å². The zero-order chi connectivity index (χ0) is 18.7. The van der Waals surface area contributed by atoms with Gasteiger partial charge in [0.25, 0.3) is 0 Å². The molecule has 0 radical (unpaired) electrons. The summed E-state index contributed by atoms with van der Waals surface area (Å²) in [6, 6.07) is 12.9. The fraction of sp³-hybridized carbons (Fsp3) is 0.368. The maximum Gasteiger partial charge on any atom is 0.246 e. The minimum Gasteiger partial charge on any atom is -0.497 e. The fourth-order valence-corrected chi connectivity index (χ4v) is 4.77. The highest BCUT2D eigenvalue weighted by atomic mass is 32.2. The van der Waals surface area contributed by atoms with Crippen molar-refractivity contribution in [3.05, 3.63) is 48.0 Å². The molecular formula is C19H24N2O4S. The van der Waals surface area contributed by atoms with E-state index in [1.165, 1.54) is 24.1 Å². The molecule has 0 spiro atoms. The van der Waals surface area contributed by atoms with Crippen molar-refractivity contribution < 1.29 is 17.9 Å². The third-order valence-electron chi connectivity index (χ3n) is 4.68. The Morgan fingerprint density at radius 1 is 0.923 bits per heavy atom. The highest BCUT2D eigenvalue weighted by molar-refractivity contribution is 7.89. The van der Waals surface area contributed by atoms with Crippen LogP contribution in [0, 0.1) is 6.92 Å². The van der Waals surface area contributed by atoms with E-state index in [0.717, 1.165) is 5.69 Å². The van der Waals surface area contributed by atoms with Gasteiger partial charge in [0.15, 0.2) is 0 Å². The number of methoxy groups -OCH3 is 2. The van der Waals surface area contributed by atoms with Crippen LogP contribution in [-0.2, 0) is 10.0 Å². The molecule has 0 atom stereocenters. The number of rotatable bonds is 5. The molecule has 0 N–H and O–H groups in total. The zero-order valence-electron chi connectivity index (χ0n) is 15.3. The third-order valence-corrected chi connectivity index (χ3v) is 6.62. The Morgan fingerprint density at radius 2 is 1.62 bits per heavy atom. The van der Waals surface area contributed by atoms with Crippen LogP contribution in [0.3, 0.4) is 0 Å². The van der Waals surface area contributed by atoms with Crippen LogP contribution >= 0.6 is 0 Å². The number of hydrogen-bond donors (Lipinski definition) is 0. The van der Waals surface area contributed by atoms with E-state index in [9.17, 15) is 8.42 Å². The van der Waals surface area contributed by atoms with Gasteiger partial charge in [-0.2, -0.15) is 4.31 Å². The van der Waals surface area contributed by atoms with Gasteiger partial charge in [-0.15, -0.1) is 0 Å². The molecule has 0 aliphatic carbocycles. The van der Waals surface area contributed by atoms with Crippen LogP contribution in [-0.4, -0.2) is 53.1 Å². The molecule has 0 bridgehead atoms. The number of benzene rings is 2. The lowest BCUT2D eigenvalue weighted by atomic mass is 10.1. The van der Waals surface area contributed by atoms with Crippen molar-refractivity contribution in [2.45, 2.75) is 11.8 Å². The molecule has 26 heavy (non-hydrogen) atoms. The van der Waals surface area contributed by atoms with Crippen molar-refractivity contribution in [1.29, 1.82) is 0 Å². The third kappa shape index (κ3) is 3.50. The van der Waals surface area contributed by atoms with Gasteiger partial charge >= 0.3 is 0 Å². The van der Waals surface area contributed by atoms with Crippen molar-refractivity contribution in [1.82, 2.24) is 4.31 Å². The number of nitrogens with zero attached hydrogens (tertiary/aromatic N) is 2. The van der Waals surface area contributed by atoms with Crippen LogP contribution in [0.15, 0.2) is 47.4 Å². The predicted octanol–water partition coefficient (Wildman–Crippen LogP) is 2.52. The standard InChI is InChI=1S/C19H24N2O4S/c1-15-6-4-5-7-17(15)20-10-12-21(13-11-20)26(22,23)19-9-8-16(24-2)14-18(19)25-3/h4-9,14H,10-13H2,1-3H3. The van der Waals surface area contributed by atoms with E-state index < -0.39 is 10.0 Å². The lowest BCUT2D eigenvalue weighted by molar-refractivity contribution is 0.370. The molecular weight excluding hydrogens is 352 g/mol. The zero-order valence-corrected chi connectivity index (χ0v) is 16.1. The number of anilines is 1. The van der Waals surface area contributed by atoms with Crippen LogP contribution < -0.4 is 14.4 Å². The van der Waals surface area contributed by atoms with Gasteiger partial charge < -0.3 is 14.4 Å². The maximum atomic E-state index is 13.1. The topological polar surface area (TPSA) is 59.1 Å². The number of para-hydroxylation sites is 1. The first-order valence-electron chi connectivity index (χ1n) is 8.50. The maximum absolute atomic E-state index is 13.1. The SMILES string of the molecule is COc1ccc(S(=O)(=O)N2CCN(c3ccccc3C)CC2)c(OC)c1. The molecule has 1 aliphatic rings. The lowest BCUT2D eigenvalue weighted by Crippen LogP contribution is -2.48. The number of hydrogen-bond acceptors (Lipinski definition) is 5. The molecule has 3 rings (SSSR count). The Morgan fingerprint density at radius 3 is 2.23 bits per heavy atom. The normalized spacial score (nSPS) is 15.7. The van der Waals surface area contributed by atoms with E-state index in [1.807, 2.05) is 12.1 Å². The van der Waals surface area contributed by atoms with Gasteiger partial charge in [-0.3, -0.25) is 0 Å². The largest absolute Gasteiger partial charge is 0.497 e. The van der Waals surface area contributed by atoms with E-state index >= 15 is 0 Å². The quantitative estimate of drug-likeness (QED) is 0.803. The summed E-state index contributed by atoms with van der Waals surface area (Å²) in [7, 11) is -0.622. The van der Waals surface area contributed by atoms with Gasteiger partial charge in [0.1, 0.15) is 16.4 Å². The molecule has 6 nitrogen and oxygen atoms in total. The first-order valence-corrected chi connectivity index (χ1v) is 9.94. The van der Waals surface area contributed by atoms with Crippen molar-refractivity contribution in [2.24, 2.45) is 0 Å². The van der Waals surface area contributed by atoms with Crippen LogP contribution in [0.1, 0.15) is 5.56 Å². The van der Waals surface area contributed by atoms with Crippen LogP contribution in [0.25, 0.3) is 0 Å². The summed E-state index contributed by atoms with van der Waals surface area (Å²) in [5.74, 6) is 0.857. The highest BCUT2D eigenvalue weighted by Gasteiger charge is 2.31. The van der Waals surface area contributed by atoms with Crippen LogP contribution in [0.2, 0.25) is 0 Å². The Labute approximate surface area is 155 Å². The molecule has 1 aliphatic heterocycles. The molecule has 0 amide bonds. The van der Waals surface area contributed by atoms with E-state index in [4.69, 9.17) is 9.47 Å². The van der Waals surface area contributed by atoms with E-state index in [2.05, 4.69) is 24.0 Å². The summed E-state index contributed by atoms with van der Waals surface area (Å²) < 4.78 is 38.1. The summed E-state index contributed by atoms with van der Waals surface area (Å²) in [6.45, 7) is 4.25. The van der Waals surface area contributed by atoms with E-state index in [0.29, 0.717) is 37.7 Å².